The van der Waals surface area contributed by atoms with Crippen LogP contribution in [0.15, 0.2) is 41.4 Å². The quantitative estimate of drug-likeness (QED) is 0.638. The molecule has 1 fully saturated rings. The number of carbonyl (C=O) groups excluding carboxylic acids is 2. The highest BCUT2D eigenvalue weighted by Crippen LogP contribution is 2.27. The van der Waals surface area contributed by atoms with Gasteiger partial charge in [0.05, 0.1) is 7.11 Å². The van der Waals surface area contributed by atoms with E-state index >= 15 is 0 Å². The lowest BCUT2D eigenvalue weighted by molar-refractivity contribution is -0.120. The van der Waals surface area contributed by atoms with Crippen LogP contribution in [0.5, 0.6) is 0 Å². The fourth-order valence-electron chi connectivity index (χ4n) is 3.87. The van der Waals surface area contributed by atoms with Gasteiger partial charge in [0.1, 0.15) is 10.6 Å². The molecule has 1 unspecified atom stereocenters. The Hall–Kier alpha value is -2.65. The zero-order valence-corrected chi connectivity index (χ0v) is 19.8. The summed E-state index contributed by atoms with van der Waals surface area (Å²) in [4.78, 5) is 24.5. The summed E-state index contributed by atoms with van der Waals surface area (Å²) in [6.07, 6.45) is 3.34. The Balaban J connectivity index is 1.60. The minimum Gasteiger partial charge on any atom is -0.464 e. The number of amides is 1. The number of esters is 1. The predicted octanol–water partition coefficient (Wildman–Crippen LogP) is 3.36. The summed E-state index contributed by atoms with van der Waals surface area (Å²) >= 11 is 0. The molecule has 0 saturated carbocycles. The molecule has 8 nitrogen and oxygen atoms in total. The molecule has 1 atom stereocenters. The number of nitrogens with one attached hydrogen (secondary N) is 1. The van der Waals surface area contributed by atoms with Crippen molar-refractivity contribution in [2.45, 2.75) is 43.9 Å². The van der Waals surface area contributed by atoms with Gasteiger partial charge in [-0.2, -0.15) is 4.31 Å². The van der Waals surface area contributed by atoms with E-state index in [1.807, 2.05) is 24.3 Å². The number of piperidine rings is 1. The molecule has 0 bridgehead atoms. The normalized spacial score (nSPS) is 16.5. The zero-order valence-electron chi connectivity index (χ0n) is 19.0. The molecule has 0 spiro atoms. The van der Waals surface area contributed by atoms with Crippen molar-refractivity contribution in [3.63, 3.8) is 0 Å². The van der Waals surface area contributed by atoms with Crippen LogP contribution in [0, 0.1) is 5.92 Å². The molecule has 1 aliphatic rings. The minimum atomic E-state index is -3.76. The Morgan fingerprint density at radius 3 is 2.38 bits per heavy atom. The molecule has 2 aromatic rings. The van der Waals surface area contributed by atoms with Gasteiger partial charge in [-0.1, -0.05) is 26.0 Å². The average molecular weight is 462 g/mol. The second kappa shape index (κ2) is 9.87. The van der Waals surface area contributed by atoms with Crippen molar-refractivity contribution < 1.29 is 22.7 Å². The fourth-order valence-corrected chi connectivity index (χ4v) is 5.41. The van der Waals surface area contributed by atoms with E-state index in [4.69, 9.17) is 0 Å². The Morgan fingerprint density at radius 1 is 1.19 bits per heavy atom. The van der Waals surface area contributed by atoms with E-state index in [0.717, 1.165) is 12.1 Å². The first-order valence-electron chi connectivity index (χ1n) is 10.8. The number of hydrogen-bond donors (Lipinski definition) is 1. The van der Waals surface area contributed by atoms with Gasteiger partial charge in [-0.25, -0.2) is 13.2 Å². The summed E-state index contributed by atoms with van der Waals surface area (Å²) in [7, 11) is -0.912. The molecule has 1 aromatic carbocycles. The smallest absolute Gasteiger partial charge is 0.354 e. The number of anilines is 1. The first-order valence-corrected chi connectivity index (χ1v) is 12.3. The van der Waals surface area contributed by atoms with Gasteiger partial charge in [-0.3, -0.25) is 4.79 Å². The molecule has 0 radical (unpaired) electrons. The minimum absolute atomic E-state index is 0.0460. The Morgan fingerprint density at radius 2 is 1.81 bits per heavy atom. The number of ether oxygens (including phenoxy) is 1. The number of sulfonamides is 1. The number of nitrogens with zero attached hydrogens (tertiary/aromatic N) is 2. The fraction of sp³-hybridized carbons (Fsp3) is 0.478. The van der Waals surface area contributed by atoms with Crippen LogP contribution in [0.2, 0.25) is 0 Å². The SMILES string of the molecule is CCC(C)c1ccc(NC(=O)C2CCN(S(=O)(=O)c3cc(C(=O)OC)n(C)c3)CC2)cc1. The number of hydrogen-bond acceptors (Lipinski definition) is 5. The molecule has 32 heavy (non-hydrogen) atoms. The second-order valence-corrected chi connectivity index (χ2v) is 10.2. The first kappa shape index (κ1) is 24.0. The molecule has 1 saturated heterocycles. The molecule has 2 heterocycles. The first-order chi connectivity index (χ1) is 15.2. The van der Waals surface area contributed by atoms with Crippen LogP contribution in [-0.4, -0.2) is 49.4 Å². The topological polar surface area (TPSA) is 97.7 Å². The van der Waals surface area contributed by atoms with Gasteiger partial charge >= 0.3 is 5.97 Å². The lowest BCUT2D eigenvalue weighted by Crippen LogP contribution is -2.41. The molecular weight excluding hydrogens is 430 g/mol. The van der Waals surface area contributed by atoms with Gasteiger partial charge in [0.25, 0.3) is 0 Å². The van der Waals surface area contributed by atoms with E-state index in [2.05, 4.69) is 23.9 Å². The van der Waals surface area contributed by atoms with Gasteiger partial charge in [0.15, 0.2) is 0 Å². The highest BCUT2D eigenvalue weighted by molar-refractivity contribution is 7.89. The monoisotopic (exact) mass is 461 g/mol. The van der Waals surface area contributed by atoms with E-state index in [9.17, 15) is 18.0 Å². The number of methoxy groups -OCH3 is 1. The van der Waals surface area contributed by atoms with Crippen LogP contribution in [0.4, 0.5) is 5.69 Å². The molecular formula is C23H31N3O5S. The van der Waals surface area contributed by atoms with Crippen molar-refractivity contribution in [3.8, 4) is 0 Å². The van der Waals surface area contributed by atoms with Crippen molar-refractivity contribution in [1.82, 2.24) is 8.87 Å². The van der Waals surface area contributed by atoms with Crippen LogP contribution in [-0.2, 0) is 26.6 Å². The van der Waals surface area contributed by atoms with E-state index in [-0.39, 0.29) is 35.5 Å². The van der Waals surface area contributed by atoms with Crippen LogP contribution in [0.1, 0.15) is 55.1 Å². The van der Waals surface area contributed by atoms with Gasteiger partial charge in [-0.05, 0) is 48.9 Å². The van der Waals surface area contributed by atoms with Crippen molar-refractivity contribution in [1.29, 1.82) is 0 Å². The third kappa shape index (κ3) is 5.05. The van der Waals surface area contributed by atoms with Gasteiger partial charge < -0.3 is 14.6 Å². The Bertz CT molecular complexity index is 1070. The molecule has 1 aliphatic heterocycles. The summed E-state index contributed by atoms with van der Waals surface area (Å²) < 4.78 is 33.5. The third-order valence-corrected chi connectivity index (χ3v) is 8.06. The highest BCUT2D eigenvalue weighted by Gasteiger charge is 2.33. The summed E-state index contributed by atoms with van der Waals surface area (Å²) in [5.74, 6) is -0.469. The van der Waals surface area contributed by atoms with E-state index < -0.39 is 16.0 Å². The lowest BCUT2D eigenvalue weighted by atomic mass is 9.96. The number of carbonyl (C=O) groups is 2. The number of benzene rings is 1. The second-order valence-electron chi connectivity index (χ2n) is 8.26. The van der Waals surface area contributed by atoms with Gasteiger partial charge in [0.2, 0.25) is 15.9 Å². The van der Waals surface area contributed by atoms with Crippen LogP contribution < -0.4 is 5.32 Å². The summed E-state index contributed by atoms with van der Waals surface area (Å²) in [5, 5.41) is 2.95. The van der Waals surface area contributed by atoms with Crippen molar-refractivity contribution in [2.24, 2.45) is 13.0 Å². The average Bonchev–Trinajstić information content (AvgIpc) is 3.21. The molecule has 0 aliphatic carbocycles. The molecule has 174 valence electrons. The maximum atomic E-state index is 13.0. The third-order valence-electron chi connectivity index (χ3n) is 6.20. The maximum absolute atomic E-state index is 13.0. The zero-order chi connectivity index (χ0) is 23.5. The van der Waals surface area contributed by atoms with Crippen molar-refractivity contribution in [3.05, 3.63) is 47.8 Å². The van der Waals surface area contributed by atoms with E-state index in [0.29, 0.717) is 18.8 Å². The van der Waals surface area contributed by atoms with Gasteiger partial charge in [-0.15, -0.1) is 0 Å². The molecule has 1 aromatic heterocycles. The molecule has 9 heteroatoms. The number of rotatable bonds is 7. The van der Waals surface area contributed by atoms with Crippen LogP contribution in [0.25, 0.3) is 0 Å². The number of aromatic nitrogens is 1. The molecule has 3 rings (SSSR count). The lowest BCUT2D eigenvalue weighted by Gasteiger charge is -2.30. The summed E-state index contributed by atoms with van der Waals surface area (Å²) in [6, 6.07) is 9.20. The summed E-state index contributed by atoms with van der Waals surface area (Å²) in [5.41, 5.74) is 2.15. The highest BCUT2D eigenvalue weighted by atomic mass is 32.2. The van der Waals surface area contributed by atoms with Gasteiger partial charge in [0, 0.05) is 37.9 Å². The van der Waals surface area contributed by atoms with Crippen molar-refractivity contribution >= 4 is 27.6 Å². The maximum Gasteiger partial charge on any atom is 0.354 e. The van der Waals surface area contributed by atoms with Crippen LogP contribution in [0.3, 0.4) is 0 Å². The number of aryl methyl sites for hydroxylation is 1. The summed E-state index contributed by atoms with van der Waals surface area (Å²) in [6.45, 7) is 4.80. The van der Waals surface area contributed by atoms with Crippen LogP contribution >= 0.6 is 0 Å². The molecule has 1 amide bonds. The molecule has 1 N–H and O–H groups in total. The Labute approximate surface area is 189 Å². The standard InChI is InChI=1S/C23H31N3O5S/c1-5-16(2)17-6-8-19(9-7-17)24-22(27)18-10-12-26(13-11-18)32(29,30)20-14-21(23(28)31-4)25(3)15-20/h6-9,14-16,18H,5,10-13H2,1-4H3,(H,24,27). The van der Waals surface area contributed by atoms with Crippen molar-refractivity contribution in [2.75, 3.05) is 25.5 Å². The van der Waals surface area contributed by atoms with E-state index in [1.54, 1.807) is 7.05 Å². The van der Waals surface area contributed by atoms with E-state index in [1.165, 1.54) is 33.8 Å². The largest absolute Gasteiger partial charge is 0.464 e. The Kier molecular flexibility index (Phi) is 7.40. The predicted molar refractivity (Wildman–Crippen MR) is 122 cm³/mol.